The van der Waals surface area contributed by atoms with Gasteiger partial charge in [0.1, 0.15) is 5.84 Å². The number of hydrogen-bond acceptors (Lipinski definition) is 8. The van der Waals surface area contributed by atoms with Crippen LogP contribution in [0.3, 0.4) is 0 Å². The predicted octanol–water partition coefficient (Wildman–Crippen LogP) is 1.76. The monoisotopic (exact) mass is 462 g/mol. The number of amidine groups is 1. The average Bonchev–Trinajstić information content (AvgIpc) is 3.40. The lowest BCUT2D eigenvalue weighted by molar-refractivity contribution is -0.117. The summed E-state index contributed by atoms with van der Waals surface area (Å²) in [6.45, 7) is 4.25. The summed E-state index contributed by atoms with van der Waals surface area (Å²) < 4.78 is 27.7. The highest BCUT2D eigenvalue weighted by atomic mass is 32.2. The molecule has 31 heavy (non-hydrogen) atoms. The Hall–Kier alpha value is -2.50. The van der Waals surface area contributed by atoms with Crippen LogP contribution in [0.1, 0.15) is 19.3 Å². The number of nitrogens with one attached hydrogen (secondary N) is 2. The highest BCUT2D eigenvalue weighted by molar-refractivity contribution is 7.90. The number of aromatic nitrogens is 1. The summed E-state index contributed by atoms with van der Waals surface area (Å²) in [4.78, 5) is 25.6. The van der Waals surface area contributed by atoms with Crippen LogP contribution in [0.15, 0.2) is 45.7 Å². The van der Waals surface area contributed by atoms with Gasteiger partial charge in [0.25, 0.3) is 10.0 Å². The predicted molar refractivity (Wildman–Crippen MR) is 122 cm³/mol. The number of aliphatic imine (C=N–C) groups is 1. The lowest BCUT2D eigenvalue weighted by Crippen LogP contribution is -2.36. The first-order valence-corrected chi connectivity index (χ1v) is 12.7. The topological polar surface area (TPSA) is 107 Å². The molecule has 1 aromatic heterocycles. The third-order valence-electron chi connectivity index (χ3n) is 5.20. The largest absolute Gasteiger partial charge is 0.347 e. The Bertz CT molecular complexity index is 1040. The molecule has 0 radical (unpaired) electrons. The van der Waals surface area contributed by atoms with Gasteiger partial charge >= 0.3 is 0 Å². The fourth-order valence-electron chi connectivity index (χ4n) is 3.67. The molecule has 11 heteroatoms. The van der Waals surface area contributed by atoms with Crippen LogP contribution in [-0.2, 0) is 14.8 Å². The van der Waals surface area contributed by atoms with Gasteiger partial charge in [0.05, 0.1) is 11.4 Å². The number of nitrogens with zero attached hydrogens (tertiary/aromatic N) is 4. The molecular formula is C20H26N6O3S2. The van der Waals surface area contributed by atoms with Gasteiger partial charge in [0.15, 0.2) is 5.13 Å². The molecule has 0 aliphatic carbocycles. The second-order valence-electron chi connectivity index (χ2n) is 7.54. The summed E-state index contributed by atoms with van der Waals surface area (Å²) >= 11 is 1.62. The lowest BCUT2D eigenvalue weighted by atomic mass is 10.3. The van der Waals surface area contributed by atoms with E-state index in [2.05, 4.69) is 29.8 Å². The van der Waals surface area contributed by atoms with E-state index in [9.17, 15) is 13.2 Å². The smallest absolute Gasteiger partial charge is 0.262 e. The maximum Gasteiger partial charge on any atom is 0.262 e. The van der Waals surface area contributed by atoms with E-state index in [-0.39, 0.29) is 17.3 Å². The molecule has 0 atom stereocenters. The van der Waals surface area contributed by atoms with Crippen LogP contribution >= 0.6 is 11.3 Å². The van der Waals surface area contributed by atoms with Gasteiger partial charge < -0.3 is 10.2 Å². The molecule has 2 aliphatic rings. The molecule has 1 saturated heterocycles. The number of carbonyl (C=O) groups is 1. The van der Waals surface area contributed by atoms with E-state index in [0.29, 0.717) is 24.5 Å². The minimum atomic E-state index is -3.71. The fourth-order valence-corrected chi connectivity index (χ4v) is 5.51. The highest BCUT2D eigenvalue weighted by Crippen LogP contribution is 2.19. The van der Waals surface area contributed by atoms with Crippen LogP contribution in [0.4, 0.5) is 10.8 Å². The highest BCUT2D eigenvalue weighted by Gasteiger charge is 2.20. The van der Waals surface area contributed by atoms with Gasteiger partial charge in [-0.25, -0.2) is 13.4 Å². The van der Waals surface area contributed by atoms with E-state index >= 15 is 0 Å². The third-order valence-corrected chi connectivity index (χ3v) is 7.41. The van der Waals surface area contributed by atoms with Crippen LogP contribution in [0.2, 0.25) is 0 Å². The van der Waals surface area contributed by atoms with Gasteiger partial charge in [-0.2, -0.15) is 0 Å². The molecule has 2 aromatic rings. The van der Waals surface area contributed by atoms with Crippen molar-refractivity contribution in [1.29, 1.82) is 0 Å². The van der Waals surface area contributed by atoms with Gasteiger partial charge in [-0.15, -0.1) is 11.3 Å². The van der Waals surface area contributed by atoms with Gasteiger partial charge in [-0.1, -0.05) is 6.07 Å². The number of sulfonamides is 1. The summed E-state index contributed by atoms with van der Waals surface area (Å²) in [6, 6.07) is 6.30. The first-order chi connectivity index (χ1) is 15.0. The van der Waals surface area contributed by atoms with Crippen LogP contribution in [0, 0.1) is 0 Å². The zero-order valence-electron chi connectivity index (χ0n) is 17.2. The minimum absolute atomic E-state index is 0.105. The second-order valence-corrected chi connectivity index (χ2v) is 10.1. The normalized spacial score (nSPS) is 17.8. The van der Waals surface area contributed by atoms with E-state index < -0.39 is 10.0 Å². The zero-order chi connectivity index (χ0) is 21.7. The maximum atomic E-state index is 12.6. The van der Waals surface area contributed by atoms with E-state index in [1.54, 1.807) is 29.7 Å². The number of carbonyl (C=O) groups excluding carboxylic acids is 1. The van der Waals surface area contributed by atoms with Crippen molar-refractivity contribution in [2.45, 2.75) is 24.2 Å². The number of thiazole rings is 1. The molecule has 2 N–H and O–H groups in total. The summed E-state index contributed by atoms with van der Waals surface area (Å²) in [6.07, 6.45) is 4.24. The fraction of sp³-hybridized carbons (Fsp3) is 0.450. The van der Waals surface area contributed by atoms with Gasteiger partial charge in [0.2, 0.25) is 5.91 Å². The van der Waals surface area contributed by atoms with Crippen molar-refractivity contribution in [3.05, 3.63) is 35.8 Å². The second kappa shape index (κ2) is 9.75. The Balaban J connectivity index is 1.33. The van der Waals surface area contributed by atoms with E-state index in [1.807, 2.05) is 5.38 Å². The number of rotatable bonds is 6. The molecule has 1 fully saturated rings. The molecule has 2 aliphatic heterocycles. The quantitative estimate of drug-likeness (QED) is 0.678. The van der Waals surface area contributed by atoms with Crippen LogP contribution < -0.4 is 14.9 Å². The number of benzene rings is 1. The van der Waals surface area contributed by atoms with Crippen LogP contribution in [0.25, 0.3) is 0 Å². The lowest BCUT2D eigenvalue weighted by Gasteiger charge is -2.21. The molecule has 1 aromatic carbocycles. The van der Waals surface area contributed by atoms with Gasteiger partial charge in [-0.3, -0.25) is 19.4 Å². The van der Waals surface area contributed by atoms with Crippen molar-refractivity contribution in [2.75, 3.05) is 49.5 Å². The SMILES string of the molecule is O=C(CN1CCCN(c2nccs2)CC1)Nc1cccc(S(=O)(=O)NC2=NCCC2)c1. The maximum absolute atomic E-state index is 12.6. The summed E-state index contributed by atoms with van der Waals surface area (Å²) in [5.41, 5.74) is 0.459. The number of hydrogen-bond donors (Lipinski definition) is 2. The molecule has 0 bridgehead atoms. The number of anilines is 2. The van der Waals surface area contributed by atoms with Crippen molar-refractivity contribution in [2.24, 2.45) is 4.99 Å². The van der Waals surface area contributed by atoms with E-state index in [0.717, 1.165) is 44.2 Å². The van der Waals surface area contributed by atoms with Crippen LogP contribution in [-0.4, -0.2) is 69.3 Å². The summed E-state index contributed by atoms with van der Waals surface area (Å²) in [7, 11) is -3.71. The molecule has 3 heterocycles. The van der Waals surface area contributed by atoms with E-state index in [1.165, 1.54) is 12.1 Å². The third kappa shape index (κ3) is 5.81. The zero-order valence-corrected chi connectivity index (χ0v) is 18.8. The molecule has 166 valence electrons. The first-order valence-electron chi connectivity index (χ1n) is 10.3. The van der Waals surface area contributed by atoms with Crippen LogP contribution in [0.5, 0.6) is 0 Å². The number of amides is 1. The average molecular weight is 463 g/mol. The van der Waals surface area contributed by atoms with Crippen molar-refractivity contribution in [1.82, 2.24) is 14.6 Å². The van der Waals surface area contributed by atoms with E-state index in [4.69, 9.17) is 0 Å². The minimum Gasteiger partial charge on any atom is -0.347 e. The first kappa shape index (κ1) is 21.7. The molecule has 4 rings (SSSR count). The Morgan fingerprint density at radius 3 is 2.84 bits per heavy atom. The summed E-state index contributed by atoms with van der Waals surface area (Å²) in [5.74, 6) is 0.327. The van der Waals surface area contributed by atoms with Crippen molar-refractivity contribution >= 4 is 43.9 Å². The van der Waals surface area contributed by atoms with Crippen molar-refractivity contribution in [3.63, 3.8) is 0 Å². The Morgan fingerprint density at radius 1 is 1.16 bits per heavy atom. The van der Waals surface area contributed by atoms with Gasteiger partial charge in [-0.05, 0) is 31.0 Å². The molecule has 1 amide bonds. The standard InChI is InChI=1S/C20H26N6O3S2/c27-19(15-25-9-3-10-26(12-11-25)20-22-8-13-30-20)23-16-4-1-5-17(14-16)31(28,29)24-18-6-2-7-21-18/h1,4-5,8,13-14H,2-3,6-7,9-12,15H2,(H,21,24)(H,23,27). The molecular weight excluding hydrogens is 436 g/mol. The molecule has 0 unspecified atom stereocenters. The molecule has 0 saturated carbocycles. The van der Waals surface area contributed by atoms with Crippen molar-refractivity contribution in [3.8, 4) is 0 Å². The van der Waals surface area contributed by atoms with Gasteiger partial charge in [0, 0.05) is 56.4 Å². The van der Waals surface area contributed by atoms with Crippen molar-refractivity contribution < 1.29 is 13.2 Å². The molecule has 9 nitrogen and oxygen atoms in total. The molecule has 0 spiro atoms. The summed E-state index contributed by atoms with van der Waals surface area (Å²) in [5, 5.41) is 5.81. The Labute approximate surface area is 186 Å². The Kier molecular flexibility index (Phi) is 6.83. The Morgan fingerprint density at radius 2 is 2.06 bits per heavy atom.